The van der Waals surface area contributed by atoms with Crippen LogP contribution in [-0.4, -0.2) is 44.1 Å². The van der Waals surface area contributed by atoms with Gasteiger partial charge in [-0.1, -0.05) is 105 Å². The van der Waals surface area contributed by atoms with Crippen molar-refractivity contribution in [3.63, 3.8) is 0 Å². The Hall–Kier alpha value is -4.08. The number of hydrogen-bond donors (Lipinski definition) is 3. The van der Waals surface area contributed by atoms with Crippen LogP contribution in [0.2, 0.25) is 5.02 Å². The maximum Gasteiger partial charge on any atom is 0.256 e. The maximum absolute atomic E-state index is 14.2. The van der Waals surface area contributed by atoms with Gasteiger partial charge in [-0.05, 0) is 78.8 Å². The molecule has 1 aliphatic heterocycles. The molecule has 50 heavy (non-hydrogen) atoms. The first-order chi connectivity index (χ1) is 24.1. The highest BCUT2D eigenvalue weighted by molar-refractivity contribution is 6.30. The van der Waals surface area contributed by atoms with Gasteiger partial charge in [0.1, 0.15) is 18.0 Å². The number of nitrogens with zero attached hydrogens (tertiary/aromatic N) is 1. The van der Waals surface area contributed by atoms with Crippen molar-refractivity contribution in [2.45, 2.75) is 65.3 Å². The average Bonchev–Trinajstić information content (AvgIpc) is 3.19. The van der Waals surface area contributed by atoms with Crippen LogP contribution in [0.1, 0.15) is 67.5 Å². The first-order valence-corrected chi connectivity index (χ1v) is 17.8. The van der Waals surface area contributed by atoms with E-state index in [4.69, 9.17) is 16.3 Å². The third-order valence-electron chi connectivity index (χ3n) is 8.57. The van der Waals surface area contributed by atoms with E-state index in [2.05, 4.69) is 73.1 Å². The van der Waals surface area contributed by atoms with E-state index in [0.717, 1.165) is 49.2 Å². The van der Waals surface area contributed by atoms with Crippen LogP contribution < -0.4 is 20.9 Å². The van der Waals surface area contributed by atoms with Gasteiger partial charge in [-0.3, -0.25) is 9.59 Å². The van der Waals surface area contributed by atoms with Crippen molar-refractivity contribution >= 4 is 29.1 Å². The third-order valence-corrected chi connectivity index (χ3v) is 8.80. The molecule has 0 fully saturated rings. The Balaban J connectivity index is 1.29. The summed E-state index contributed by atoms with van der Waals surface area (Å²) < 4.78 is 20.9. The Morgan fingerprint density at radius 3 is 2.38 bits per heavy atom. The molecule has 9 heteroatoms. The molecule has 3 N–H and O–H groups in total. The lowest BCUT2D eigenvalue weighted by atomic mass is 9.94. The Morgan fingerprint density at radius 2 is 1.60 bits per heavy atom. The molecule has 2 amide bonds. The molecule has 264 valence electrons. The smallest absolute Gasteiger partial charge is 0.256 e. The molecule has 0 aromatic heterocycles. The lowest BCUT2D eigenvalue weighted by Gasteiger charge is -2.31. The van der Waals surface area contributed by atoms with E-state index in [-0.39, 0.29) is 24.3 Å². The number of fused-ring (bicyclic) bond motifs is 1. The highest BCUT2D eigenvalue weighted by Gasteiger charge is 2.39. The number of rotatable bonds is 15. The molecular weight excluding hydrogens is 651 g/mol. The highest BCUT2D eigenvalue weighted by Crippen LogP contribution is 2.41. The van der Waals surface area contributed by atoms with Crippen molar-refractivity contribution < 1.29 is 18.7 Å². The van der Waals surface area contributed by atoms with Crippen LogP contribution in [-0.2, 0) is 33.8 Å². The molecule has 7 nitrogen and oxygen atoms in total. The van der Waals surface area contributed by atoms with Gasteiger partial charge in [0.05, 0.1) is 6.42 Å². The van der Waals surface area contributed by atoms with Crippen molar-refractivity contribution in [3.05, 3.63) is 136 Å². The van der Waals surface area contributed by atoms with E-state index in [9.17, 15) is 14.0 Å². The van der Waals surface area contributed by atoms with Crippen LogP contribution in [0.3, 0.4) is 0 Å². The lowest BCUT2D eigenvalue weighted by Crippen LogP contribution is -2.45. The van der Waals surface area contributed by atoms with Gasteiger partial charge in [-0.15, -0.1) is 0 Å². The minimum atomic E-state index is -1.08. The molecule has 0 spiro atoms. The monoisotopic (exact) mass is 698 g/mol. The molecule has 0 radical (unpaired) electrons. The molecule has 5 rings (SSSR count). The molecule has 2 unspecified atom stereocenters. The van der Waals surface area contributed by atoms with Crippen molar-refractivity contribution in [3.8, 4) is 0 Å². The zero-order valence-electron chi connectivity index (χ0n) is 29.2. The minimum absolute atomic E-state index is 0.0101. The SMILES string of the molecule is CC(C)(C)CN1C(=O)C(CC(=O)NCc2ccccc2F)OC(c2cccc(CNCCCNCCc3ccccc3)c2)c2cc(Cl)ccc21. The van der Waals surface area contributed by atoms with E-state index in [0.29, 0.717) is 29.4 Å². The van der Waals surface area contributed by atoms with Gasteiger partial charge in [0.25, 0.3) is 5.91 Å². The number of benzene rings is 4. The number of halogens is 2. The number of carbonyl (C=O) groups excluding carboxylic acids is 2. The Morgan fingerprint density at radius 1 is 0.860 bits per heavy atom. The van der Waals surface area contributed by atoms with E-state index >= 15 is 0 Å². The highest BCUT2D eigenvalue weighted by atomic mass is 35.5. The fourth-order valence-corrected chi connectivity index (χ4v) is 6.30. The van der Waals surface area contributed by atoms with Crippen LogP contribution in [0.4, 0.5) is 10.1 Å². The molecule has 0 bridgehead atoms. The van der Waals surface area contributed by atoms with Gasteiger partial charge in [0.2, 0.25) is 5.91 Å². The van der Waals surface area contributed by atoms with Crippen LogP contribution in [0.5, 0.6) is 0 Å². The predicted molar refractivity (Wildman–Crippen MR) is 199 cm³/mol. The van der Waals surface area contributed by atoms with Gasteiger partial charge < -0.3 is 25.6 Å². The first-order valence-electron chi connectivity index (χ1n) is 17.4. The van der Waals surface area contributed by atoms with Crippen molar-refractivity contribution in [1.29, 1.82) is 0 Å². The Kier molecular flexibility index (Phi) is 13.2. The third kappa shape index (κ3) is 10.7. The molecule has 0 saturated heterocycles. The number of nitrogens with one attached hydrogen (secondary N) is 3. The van der Waals surface area contributed by atoms with Gasteiger partial charge in [0, 0.05) is 41.5 Å². The summed E-state index contributed by atoms with van der Waals surface area (Å²) in [6.45, 7) is 10.0. The Labute approximate surface area is 300 Å². The standard InChI is InChI=1S/C41H48ClFN4O3/c1-41(2,3)28-47-36-18-17-33(42)24-34(36)39(50-37(40(47)49)25-38(48)46-27-32-14-7-8-16-35(32)43)31-15-9-13-30(23-31)26-45-21-10-20-44-22-19-29-11-5-4-6-12-29/h4-9,11-18,23-24,37,39,44-45H,10,19-22,25-28H2,1-3H3,(H,46,48). The summed E-state index contributed by atoms with van der Waals surface area (Å²) in [6, 6.07) is 30.4. The van der Waals surface area contributed by atoms with Crippen LogP contribution >= 0.6 is 11.6 Å². The molecule has 1 heterocycles. The zero-order chi connectivity index (χ0) is 35.5. The minimum Gasteiger partial charge on any atom is -0.355 e. The number of carbonyl (C=O) groups is 2. The van der Waals surface area contributed by atoms with Crippen molar-refractivity contribution in [2.24, 2.45) is 5.41 Å². The van der Waals surface area contributed by atoms with Gasteiger partial charge in [-0.2, -0.15) is 0 Å². The second-order valence-corrected chi connectivity index (χ2v) is 14.5. The summed E-state index contributed by atoms with van der Waals surface area (Å²) in [4.78, 5) is 29.2. The zero-order valence-corrected chi connectivity index (χ0v) is 29.9. The summed E-state index contributed by atoms with van der Waals surface area (Å²) >= 11 is 6.56. The molecule has 0 aliphatic carbocycles. The summed E-state index contributed by atoms with van der Waals surface area (Å²) in [5.74, 6) is -1.11. The van der Waals surface area contributed by atoms with Crippen LogP contribution in [0.15, 0.2) is 97.1 Å². The number of ether oxygens (including phenoxy) is 1. The van der Waals surface area contributed by atoms with E-state index in [1.807, 2.05) is 30.3 Å². The van der Waals surface area contributed by atoms with Crippen molar-refractivity contribution in [2.75, 3.05) is 31.1 Å². The van der Waals surface area contributed by atoms with Crippen LogP contribution in [0.25, 0.3) is 0 Å². The summed E-state index contributed by atoms with van der Waals surface area (Å²) in [5.41, 5.74) is 4.86. The van der Waals surface area contributed by atoms with Crippen LogP contribution in [0, 0.1) is 11.2 Å². The number of amides is 2. The van der Waals surface area contributed by atoms with E-state index in [1.165, 1.54) is 11.6 Å². The molecular formula is C41H48ClFN4O3. The van der Waals surface area contributed by atoms with E-state index in [1.54, 1.807) is 29.2 Å². The molecule has 4 aromatic rings. The molecule has 0 saturated carbocycles. The van der Waals surface area contributed by atoms with Gasteiger partial charge >= 0.3 is 0 Å². The largest absolute Gasteiger partial charge is 0.355 e. The normalized spacial score (nSPS) is 16.2. The van der Waals surface area contributed by atoms with Crippen molar-refractivity contribution in [1.82, 2.24) is 16.0 Å². The summed E-state index contributed by atoms with van der Waals surface area (Å²) in [7, 11) is 0. The number of hydrogen-bond acceptors (Lipinski definition) is 5. The predicted octanol–water partition coefficient (Wildman–Crippen LogP) is 7.36. The molecule has 1 aliphatic rings. The second-order valence-electron chi connectivity index (χ2n) is 14.0. The first kappa shape index (κ1) is 37.2. The fourth-order valence-electron chi connectivity index (χ4n) is 6.12. The van der Waals surface area contributed by atoms with Gasteiger partial charge in [0.15, 0.2) is 0 Å². The topological polar surface area (TPSA) is 82.7 Å². The fraction of sp³-hybridized carbons (Fsp3) is 0.366. The van der Waals surface area contributed by atoms with E-state index < -0.39 is 23.9 Å². The molecule has 4 aromatic carbocycles. The quantitative estimate of drug-likeness (QED) is 0.113. The number of anilines is 1. The van der Waals surface area contributed by atoms with Gasteiger partial charge in [-0.25, -0.2) is 4.39 Å². The summed E-state index contributed by atoms with van der Waals surface area (Å²) in [5, 5.41) is 10.4. The summed E-state index contributed by atoms with van der Waals surface area (Å²) in [6.07, 6.45) is 0.0592. The average molecular weight is 699 g/mol. The lowest BCUT2D eigenvalue weighted by molar-refractivity contribution is -0.138. The second kappa shape index (κ2) is 17.7. The molecule has 2 atom stereocenters. The maximum atomic E-state index is 14.2. The Bertz CT molecular complexity index is 1730.